The van der Waals surface area contributed by atoms with E-state index in [1.54, 1.807) is 0 Å². The van der Waals surface area contributed by atoms with Crippen LogP contribution in [0.25, 0.3) is 0 Å². The fourth-order valence-electron chi connectivity index (χ4n) is 2.57. The van der Waals surface area contributed by atoms with E-state index in [0.717, 1.165) is 24.9 Å². The zero-order valence-corrected chi connectivity index (χ0v) is 12.7. The van der Waals surface area contributed by atoms with Gasteiger partial charge in [0, 0.05) is 19.6 Å². The Balaban J connectivity index is 1.87. The monoisotopic (exact) mass is 311 g/mol. The summed E-state index contributed by atoms with van der Waals surface area (Å²) in [7, 11) is -3.66. The van der Waals surface area contributed by atoms with Crippen LogP contribution in [0.3, 0.4) is 0 Å². The molecule has 0 bridgehead atoms. The van der Waals surface area contributed by atoms with Gasteiger partial charge < -0.3 is 4.90 Å². The summed E-state index contributed by atoms with van der Waals surface area (Å²) in [6.07, 6.45) is 2.17. The van der Waals surface area contributed by atoms with E-state index >= 15 is 0 Å². The van der Waals surface area contributed by atoms with Crippen LogP contribution in [-0.2, 0) is 21.4 Å². The Labute approximate surface area is 125 Å². The van der Waals surface area contributed by atoms with Crippen LogP contribution in [-0.4, -0.2) is 38.9 Å². The van der Waals surface area contributed by atoms with Gasteiger partial charge in [0.2, 0.25) is 5.91 Å². The van der Waals surface area contributed by atoms with Crippen LogP contribution in [0, 0.1) is 5.92 Å². The van der Waals surface area contributed by atoms with E-state index in [1.165, 1.54) is 0 Å². The van der Waals surface area contributed by atoms with E-state index in [9.17, 15) is 13.2 Å². The lowest BCUT2D eigenvalue weighted by Crippen LogP contribution is -2.45. The third-order valence-corrected chi connectivity index (χ3v) is 4.21. The quantitative estimate of drug-likeness (QED) is 0.817. The van der Waals surface area contributed by atoms with Gasteiger partial charge in [-0.2, -0.15) is 8.42 Å². The van der Waals surface area contributed by atoms with Gasteiger partial charge >= 0.3 is 0 Å². The first-order chi connectivity index (χ1) is 9.94. The Morgan fingerprint density at radius 1 is 1.33 bits per heavy atom. The average Bonchev–Trinajstić information content (AvgIpc) is 2.46. The second-order valence-corrected chi connectivity index (χ2v) is 6.78. The van der Waals surface area contributed by atoms with E-state index < -0.39 is 10.2 Å². The molecule has 1 aromatic carbocycles. The van der Waals surface area contributed by atoms with Gasteiger partial charge in [-0.1, -0.05) is 30.3 Å². The fourth-order valence-corrected chi connectivity index (χ4v) is 3.04. The van der Waals surface area contributed by atoms with Crippen molar-refractivity contribution in [2.75, 3.05) is 19.6 Å². The number of nitrogens with two attached hydrogens (primary N) is 1. The highest BCUT2D eigenvalue weighted by Gasteiger charge is 2.24. The van der Waals surface area contributed by atoms with Crippen LogP contribution < -0.4 is 9.86 Å². The first kappa shape index (κ1) is 15.9. The third kappa shape index (κ3) is 5.45. The zero-order chi connectivity index (χ0) is 15.3. The number of carbonyl (C=O) groups excluding carboxylic acids is 1. The maximum absolute atomic E-state index is 12.3. The van der Waals surface area contributed by atoms with Crippen LogP contribution in [0.4, 0.5) is 0 Å². The number of likely N-dealkylation sites (tertiary alicyclic amines) is 1. The summed E-state index contributed by atoms with van der Waals surface area (Å²) in [5.41, 5.74) is 0.993. The van der Waals surface area contributed by atoms with Gasteiger partial charge in [-0.3, -0.25) is 4.79 Å². The number of rotatable bonds is 5. The number of nitrogens with zero attached hydrogens (tertiary/aromatic N) is 1. The smallest absolute Gasteiger partial charge is 0.274 e. The molecule has 3 N–H and O–H groups in total. The van der Waals surface area contributed by atoms with Crippen molar-refractivity contribution < 1.29 is 13.2 Å². The van der Waals surface area contributed by atoms with Crippen molar-refractivity contribution in [2.45, 2.75) is 19.3 Å². The molecular formula is C14H21N3O3S. The Kier molecular flexibility index (Phi) is 5.33. The maximum Gasteiger partial charge on any atom is 0.274 e. The van der Waals surface area contributed by atoms with Crippen molar-refractivity contribution in [1.29, 1.82) is 0 Å². The molecule has 21 heavy (non-hydrogen) atoms. The number of piperidine rings is 1. The fraction of sp³-hybridized carbons (Fsp3) is 0.500. The lowest BCUT2D eigenvalue weighted by atomic mass is 9.97. The highest BCUT2D eigenvalue weighted by molar-refractivity contribution is 7.87. The van der Waals surface area contributed by atoms with E-state index in [4.69, 9.17) is 5.14 Å². The first-order valence-corrected chi connectivity index (χ1v) is 8.58. The molecule has 116 valence electrons. The van der Waals surface area contributed by atoms with Gasteiger partial charge in [-0.05, 0) is 24.3 Å². The van der Waals surface area contributed by atoms with Crippen molar-refractivity contribution in [2.24, 2.45) is 11.1 Å². The molecule has 1 saturated heterocycles. The molecule has 1 unspecified atom stereocenters. The number of benzene rings is 1. The summed E-state index contributed by atoms with van der Waals surface area (Å²) in [6.45, 7) is 1.60. The predicted molar refractivity (Wildman–Crippen MR) is 80.6 cm³/mol. The SMILES string of the molecule is NS(=O)(=O)NCC1CCCN(C(=O)Cc2ccccc2)C1. The van der Waals surface area contributed by atoms with Gasteiger partial charge in [0.1, 0.15) is 0 Å². The van der Waals surface area contributed by atoms with Gasteiger partial charge in [0.15, 0.2) is 0 Å². The van der Waals surface area contributed by atoms with Gasteiger partial charge in [0.05, 0.1) is 6.42 Å². The molecule has 0 spiro atoms. The Morgan fingerprint density at radius 3 is 2.71 bits per heavy atom. The van der Waals surface area contributed by atoms with E-state index in [2.05, 4.69) is 4.72 Å². The molecule has 0 aliphatic carbocycles. The molecule has 1 aliphatic rings. The van der Waals surface area contributed by atoms with E-state index in [-0.39, 0.29) is 18.4 Å². The summed E-state index contributed by atoms with van der Waals surface area (Å²) in [6, 6.07) is 9.61. The van der Waals surface area contributed by atoms with Gasteiger partial charge in [-0.25, -0.2) is 9.86 Å². The standard InChI is InChI=1S/C14H21N3O3S/c15-21(19,20)16-10-13-7-4-8-17(11-13)14(18)9-12-5-2-1-3-6-12/h1-3,5-6,13,16H,4,7-11H2,(H2,15,19,20). The van der Waals surface area contributed by atoms with Crippen molar-refractivity contribution in [3.05, 3.63) is 35.9 Å². The number of amides is 1. The van der Waals surface area contributed by atoms with Crippen molar-refractivity contribution in [3.63, 3.8) is 0 Å². The normalized spacial score (nSPS) is 19.5. The van der Waals surface area contributed by atoms with Crippen LogP contribution in [0.1, 0.15) is 18.4 Å². The molecule has 1 aliphatic heterocycles. The molecule has 0 aromatic heterocycles. The maximum atomic E-state index is 12.3. The van der Waals surface area contributed by atoms with Crippen molar-refractivity contribution in [1.82, 2.24) is 9.62 Å². The summed E-state index contributed by atoms with van der Waals surface area (Å²) < 4.78 is 24.1. The molecule has 2 rings (SSSR count). The summed E-state index contributed by atoms with van der Waals surface area (Å²) in [4.78, 5) is 14.1. The van der Waals surface area contributed by atoms with Crippen LogP contribution in [0.5, 0.6) is 0 Å². The zero-order valence-electron chi connectivity index (χ0n) is 11.9. The molecule has 0 radical (unpaired) electrons. The predicted octanol–water partition coefficient (Wildman–Crippen LogP) is 0.261. The van der Waals surface area contributed by atoms with Crippen molar-refractivity contribution in [3.8, 4) is 0 Å². The molecule has 1 aromatic rings. The molecule has 6 nitrogen and oxygen atoms in total. The van der Waals surface area contributed by atoms with Crippen LogP contribution >= 0.6 is 0 Å². The third-order valence-electron chi connectivity index (χ3n) is 3.64. The second kappa shape index (κ2) is 7.02. The number of nitrogens with one attached hydrogen (secondary N) is 1. The molecule has 1 fully saturated rings. The topological polar surface area (TPSA) is 92.5 Å². The highest BCUT2D eigenvalue weighted by atomic mass is 32.2. The Hall–Kier alpha value is -1.44. The minimum absolute atomic E-state index is 0.0847. The first-order valence-electron chi connectivity index (χ1n) is 7.03. The minimum atomic E-state index is -3.66. The van der Waals surface area contributed by atoms with Gasteiger partial charge in [0.25, 0.3) is 10.2 Å². The van der Waals surface area contributed by atoms with Gasteiger partial charge in [-0.15, -0.1) is 0 Å². The molecule has 0 saturated carbocycles. The minimum Gasteiger partial charge on any atom is -0.342 e. The number of hydrogen-bond donors (Lipinski definition) is 2. The number of carbonyl (C=O) groups is 1. The van der Waals surface area contributed by atoms with Crippen molar-refractivity contribution >= 4 is 16.1 Å². The largest absolute Gasteiger partial charge is 0.342 e. The average molecular weight is 311 g/mol. The molecule has 7 heteroatoms. The number of hydrogen-bond acceptors (Lipinski definition) is 3. The summed E-state index contributed by atoms with van der Waals surface area (Å²) >= 11 is 0. The summed E-state index contributed by atoms with van der Waals surface area (Å²) in [5, 5.41) is 4.93. The van der Waals surface area contributed by atoms with Crippen LogP contribution in [0.15, 0.2) is 30.3 Å². The lowest BCUT2D eigenvalue weighted by molar-refractivity contribution is -0.132. The highest BCUT2D eigenvalue weighted by Crippen LogP contribution is 2.17. The Bertz CT molecular complexity index is 574. The molecule has 1 heterocycles. The second-order valence-electron chi connectivity index (χ2n) is 5.40. The van der Waals surface area contributed by atoms with E-state index in [1.807, 2.05) is 35.2 Å². The van der Waals surface area contributed by atoms with E-state index in [0.29, 0.717) is 13.0 Å². The lowest BCUT2D eigenvalue weighted by Gasteiger charge is -2.32. The molecule has 1 amide bonds. The van der Waals surface area contributed by atoms with Crippen LogP contribution in [0.2, 0.25) is 0 Å². The summed E-state index contributed by atoms with van der Waals surface area (Å²) in [5.74, 6) is 0.207. The Morgan fingerprint density at radius 2 is 2.05 bits per heavy atom. The molecule has 1 atom stereocenters. The molecular weight excluding hydrogens is 290 g/mol.